The van der Waals surface area contributed by atoms with Crippen molar-refractivity contribution in [2.75, 3.05) is 26.6 Å². The number of hydrogen-bond acceptors (Lipinski definition) is 1. The van der Waals surface area contributed by atoms with Gasteiger partial charge in [-0.25, -0.2) is 4.52 Å². The van der Waals surface area contributed by atoms with Crippen LogP contribution in [0.1, 0.15) is 13.3 Å². The Morgan fingerprint density at radius 2 is 1.88 bits per heavy atom. The van der Waals surface area contributed by atoms with Crippen molar-refractivity contribution in [2.45, 2.75) is 13.3 Å². The Balaban J connectivity index is 3.37. The molecule has 0 unspecified atom stereocenters. The van der Waals surface area contributed by atoms with Crippen molar-refractivity contribution in [1.82, 2.24) is 0 Å². The van der Waals surface area contributed by atoms with Crippen LogP contribution in [0, 0.1) is 0 Å². The second-order valence-electron chi connectivity index (χ2n) is 2.48. The molecule has 0 fully saturated rings. The monoisotopic (exact) mass is 135 g/mol. The van der Waals surface area contributed by atoms with Crippen molar-refractivity contribution in [3.63, 3.8) is 0 Å². The maximum Gasteiger partial charge on any atom is 0.139 e. The molecule has 0 aliphatic carbocycles. The van der Waals surface area contributed by atoms with Crippen LogP contribution in [0.15, 0.2) is 0 Å². The smallest absolute Gasteiger partial charge is 0.139 e. The van der Waals surface area contributed by atoms with E-state index >= 15 is 0 Å². The van der Waals surface area contributed by atoms with E-state index in [9.17, 15) is 0 Å². The van der Waals surface area contributed by atoms with Gasteiger partial charge in [-0.1, -0.05) is 6.92 Å². The molecule has 2 heteroatoms. The first-order valence-electron chi connectivity index (χ1n) is 3.01. The molecule has 0 aromatic heterocycles. The maximum atomic E-state index is 5.29. The van der Waals surface area contributed by atoms with E-state index < -0.39 is 7.49 Å². The van der Waals surface area contributed by atoms with Crippen LogP contribution >= 0.6 is 7.49 Å². The highest BCUT2D eigenvalue weighted by Crippen LogP contribution is 2.51. The van der Waals surface area contributed by atoms with Crippen molar-refractivity contribution in [3.8, 4) is 0 Å². The van der Waals surface area contributed by atoms with Crippen LogP contribution in [0.4, 0.5) is 0 Å². The molecule has 8 heavy (non-hydrogen) atoms. The SMILES string of the molecule is CCC[P+](C)(C)OC. The fraction of sp³-hybridized carbons (Fsp3) is 1.00. The standard InChI is InChI=1S/C6H16OP/c1-5-6-8(3,4)7-2/h5-6H2,1-4H3/q+1. The maximum absolute atomic E-state index is 5.29. The van der Waals surface area contributed by atoms with Gasteiger partial charge in [0.05, 0.1) is 26.6 Å². The second kappa shape index (κ2) is 3.42. The molecule has 0 aromatic rings. The highest BCUT2D eigenvalue weighted by atomic mass is 31.2. The minimum Gasteiger partial charge on any atom is -0.242 e. The van der Waals surface area contributed by atoms with E-state index in [0.29, 0.717) is 0 Å². The van der Waals surface area contributed by atoms with Gasteiger partial charge < -0.3 is 0 Å². The minimum atomic E-state index is -0.923. The minimum absolute atomic E-state index is 0.923. The molecular weight excluding hydrogens is 119 g/mol. The lowest BCUT2D eigenvalue weighted by Gasteiger charge is -2.11. The average molecular weight is 135 g/mol. The predicted octanol–water partition coefficient (Wildman–Crippen LogP) is 2.24. The fourth-order valence-electron chi connectivity index (χ4n) is 0.630. The molecule has 0 radical (unpaired) electrons. The first-order valence-corrected chi connectivity index (χ1v) is 5.80. The van der Waals surface area contributed by atoms with Gasteiger partial charge in [0.1, 0.15) is 7.49 Å². The summed E-state index contributed by atoms with van der Waals surface area (Å²) >= 11 is 0. The fourth-order valence-corrected chi connectivity index (χ4v) is 1.89. The quantitative estimate of drug-likeness (QED) is 0.539. The summed E-state index contributed by atoms with van der Waals surface area (Å²) in [5.74, 6) is 0. The predicted molar refractivity (Wildman–Crippen MR) is 40.9 cm³/mol. The van der Waals surface area contributed by atoms with E-state index in [1.165, 1.54) is 12.6 Å². The molecule has 0 spiro atoms. The molecule has 0 N–H and O–H groups in total. The molecule has 0 aromatic carbocycles. The summed E-state index contributed by atoms with van der Waals surface area (Å²) in [6.45, 7) is 6.63. The molecule has 0 bridgehead atoms. The largest absolute Gasteiger partial charge is 0.242 e. The summed E-state index contributed by atoms with van der Waals surface area (Å²) in [6.07, 6.45) is 2.50. The molecule has 0 amide bonds. The van der Waals surface area contributed by atoms with Gasteiger partial charge in [-0.2, -0.15) is 0 Å². The molecule has 0 heterocycles. The van der Waals surface area contributed by atoms with E-state index in [2.05, 4.69) is 20.3 Å². The zero-order chi connectivity index (χ0) is 6.62. The summed E-state index contributed by atoms with van der Waals surface area (Å²) in [6, 6.07) is 0. The number of hydrogen-bond donors (Lipinski definition) is 0. The highest BCUT2D eigenvalue weighted by molar-refractivity contribution is 7.69. The van der Waals surface area contributed by atoms with Crippen molar-refractivity contribution in [2.24, 2.45) is 0 Å². The zero-order valence-electron chi connectivity index (χ0n) is 6.27. The zero-order valence-corrected chi connectivity index (χ0v) is 7.16. The summed E-state index contributed by atoms with van der Waals surface area (Å²) in [5.41, 5.74) is 0. The van der Waals surface area contributed by atoms with Crippen LogP contribution in [0.2, 0.25) is 0 Å². The molecule has 0 saturated heterocycles. The van der Waals surface area contributed by atoms with Crippen LogP contribution in [0.5, 0.6) is 0 Å². The molecule has 0 aliphatic heterocycles. The van der Waals surface area contributed by atoms with Crippen LogP contribution < -0.4 is 0 Å². The third kappa shape index (κ3) is 3.40. The van der Waals surface area contributed by atoms with Crippen LogP contribution in [-0.2, 0) is 4.52 Å². The van der Waals surface area contributed by atoms with Crippen molar-refractivity contribution < 1.29 is 4.52 Å². The average Bonchev–Trinajstić information content (AvgIpc) is 1.67. The van der Waals surface area contributed by atoms with Gasteiger partial charge in [-0.05, 0) is 6.42 Å². The number of rotatable bonds is 3. The molecule has 1 nitrogen and oxygen atoms in total. The lowest BCUT2D eigenvalue weighted by Crippen LogP contribution is -1.94. The summed E-state index contributed by atoms with van der Waals surface area (Å²) < 4.78 is 5.29. The van der Waals surface area contributed by atoms with Gasteiger partial charge in [-0.15, -0.1) is 0 Å². The first-order chi connectivity index (χ1) is 3.62. The van der Waals surface area contributed by atoms with Gasteiger partial charge in [0.2, 0.25) is 0 Å². The van der Waals surface area contributed by atoms with E-state index in [1.54, 1.807) is 0 Å². The third-order valence-electron chi connectivity index (χ3n) is 1.26. The van der Waals surface area contributed by atoms with E-state index in [1.807, 2.05) is 7.11 Å². The second-order valence-corrected chi connectivity index (χ2v) is 6.44. The van der Waals surface area contributed by atoms with Crippen LogP contribution in [-0.4, -0.2) is 26.6 Å². The molecule has 0 atom stereocenters. The molecule has 0 aliphatic rings. The van der Waals surface area contributed by atoms with Crippen molar-refractivity contribution in [1.29, 1.82) is 0 Å². The Kier molecular flexibility index (Phi) is 3.59. The van der Waals surface area contributed by atoms with Gasteiger partial charge in [0.25, 0.3) is 0 Å². The molecule has 0 rings (SSSR count). The van der Waals surface area contributed by atoms with Crippen molar-refractivity contribution >= 4 is 7.49 Å². The van der Waals surface area contributed by atoms with E-state index in [-0.39, 0.29) is 0 Å². The summed E-state index contributed by atoms with van der Waals surface area (Å²) in [5, 5.41) is 0. The van der Waals surface area contributed by atoms with Crippen molar-refractivity contribution in [3.05, 3.63) is 0 Å². The summed E-state index contributed by atoms with van der Waals surface area (Å²) in [7, 11) is 0.886. The molecular formula is C6H16OP+. The Morgan fingerprint density at radius 1 is 1.38 bits per heavy atom. The lowest BCUT2D eigenvalue weighted by molar-refractivity contribution is 0.451. The Bertz CT molecular complexity index is 61.5. The Hall–Kier alpha value is 0.390. The molecule has 50 valence electrons. The topological polar surface area (TPSA) is 9.23 Å². The first kappa shape index (κ1) is 8.39. The lowest BCUT2D eigenvalue weighted by atomic mass is 10.6. The normalized spacial score (nSPS) is 12.0. The third-order valence-corrected chi connectivity index (χ3v) is 3.77. The van der Waals surface area contributed by atoms with Crippen LogP contribution in [0.3, 0.4) is 0 Å². The van der Waals surface area contributed by atoms with E-state index in [4.69, 9.17) is 4.52 Å². The molecule has 0 saturated carbocycles. The van der Waals surface area contributed by atoms with Gasteiger partial charge >= 0.3 is 0 Å². The Labute approximate surface area is 52.8 Å². The Morgan fingerprint density at radius 3 is 2.00 bits per heavy atom. The van der Waals surface area contributed by atoms with Gasteiger partial charge in [0.15, 0.2) is 0 Å². The van der Waals surface area contributed by atoms with Gasteiger partial charge in [-0.3, -0.25) is 0 Å². The van der Waals surface area contributed by atoms with Gasteiger partial charge in [0, 0.05) is 0 Å². The van der Waals surface area contributed by atoms with Crippen LogP contribution in [0.25, 0.3) is 0 Å². The highest BCUT2D eigenvalue weighted by Gasteiger charge is 2.22. The van der Waals surface area contributed by atoms with E-state index in [0.717, 1.165) is 0 Å². The summed E-state index contributed by atoms with van der Waals surface area (Å²) in [4.78, 5) is 0.